The van der Waals surface area contributed by atoms with E-state index in [4.69, 9.17) is 13.8 Å². The summed E-state index contributed by atoms with van der Waals surface area (Å²) in [4.78, 5) is 7.00. The molecule has 246 valence electrons. The Labute approximate surface area is 308 Å². The minimum atomic E-state index is 0.609. The first-order valence-electron chi connectivity index (χ1n) is 17.2. The van der Waals surface area contributed by atoms with E-state index in [1.165, 1.54) is 10.9 Å². The summed E-state index contributed by atoms with van der Waals surface area (Å²) in [7, 11) is 0. The van der Waals surface area contributed by atoms with Crippen LogP contribution in [0.2, 0.25) is 0 Å². The molecule has 0 aliphatic heterocycles. The van der Waals surface area contributed by atoms with Gasteiger partial charge >= 0.3 is 0 Å². The average molecular weight is 734 g/mol. The van der Waals surface area contributed by atoms with Crippen LogP contribution in [0.15, 0.2) is 189 Å². The molecule has 52 heavy (non-hydrogen) atoms. The average Bonchev–Trinajstić information content (AvgIpc) is 3.79. The van der Waals surface area contributed by atoms with Gasteiger partial charge in [0.2, 0.25) is 5.89 Å². The molecule has 0 aliphatic carbocycles. The van der Waals surface area contributed by atoms with Crippen LogP contribution in [0, 0.1) is 0 Å². The van der Waals surface area contributed by atoms with Gasteiger partial charge in [-0.05, 0) is 130 Å². The highest BCUT2D eigenvalue weighted by Gasteiger charge is 2.16. The largest absolute Gasteiger partial charge is 0.456 e. The minimum absolute atomic E-state index is 0.609. The molecular formula is C47H29BrN2O2. The molecule has 0 bridgehead atoms. The normalized spacial score (nSPS) is 11.6. The third-order valence-electron chi connectivity index (χ3n) is 9.73. The number of rotatable bonds is 6. The summed E-state index contributed by atoms with van der Waals surface area (Å²) in [5.41, 5.74) is 12.0. The van der Waals surface area contributed by atoms with E-state index in [1.54, 1.807) is 0 Å². The van der Waals surface area contributed by atoms with Gasteiger partial charge in [-0.3, -0.25) is 0 Å². The van der Waals surface area contributed by atoms with Crippen LogP contribution >= 0.6 is 15.9 Å². The Kier molecular flexibility index (Phi) is 7.25. The quantitative estimate of drug-likeness (QED) is 0.171. The van der Waals surface area contributed by atoms with Gasteiger partial charge in [-0.15, -0.1) is 0 Å². The topological polar surface area (TPSA) is 42.4 Å². The van der Waals surface area contributed by atoms with Gasteiger partial charge in [-0.25, -0.2) is 4.98 Å². The number of fused-ring (bicyclic) bond motifs is 5. The summed E-state index contributed by atoms with van der Waals surface area (Å²) < 4.78 is 13.5. The van der Waals surface area contributed by atoms with Crippen molar-refractivity contribution in [1.82, 2.24) is 4.98 Å². The van der Waals surface area contributed by atoms with Crippen LogP contribution in [-0.4, -0.2) is 4.98 Å². The van der Waals surface area contributed by atoms with E-state index in [2.05, 4.69) is 166 Å². The Balaban J connectivity index is 1.03. The highest BCUT2D eigenvalue weighted by Crippen LogP contribution is 2.40. The maximum absolute atomic E-state index is 6.41. The van der Waals surface area contributed by atoms with Crippen LogP contribution in [0.25, 0.3) is 77.5 Å². The molecule has 5 heteroatoms. The van der Waals surface area contributed by atoms with Crippen molar-refractivity contribution in [3.63, 3.8) is 0 Å². The van der Waals surface area contributed by atoms with Crippen molar-refractivity contribution in [2.24, 2.45) is 0 Å². The van der Waals surface area contributed by atoms with E-state index in [1.807, 2.05) is 30.3 Å². The lowest BCUT2D eigenvalue weighted by Crippen LogP contribution is -2.10. The molecule has 2 aromatic heterocycles. The smallest absolute Gasteiger partial charge is 0.227 e. The monoisotopic (exact) mass is 732 g/mol. The van der Waals surface area contributed by atoms with Crippen LogP contribution in [0.1, 0.15) is 0 Å². The molecule has 0 aliphatic rings. The number of benzene rings is 8. The zero-order chi connectivity index (χ0) is 34.6. The van der Waals surface area contributed by atoms with Crippen LogP contribution in [0.5, 0.6) is 0 Å². The SMILES string of the molecule is Brc1ccc2cc3c(cc2c1)oc1cc(-c2ccc(N(c4ccc(-c5nc6ccccc6o5)cc4)c4cccc(-c5ccccc5)c4)cc2)ccc13. The van der Waals surface area contributed by atoms with E-state index in [9.17, 15) is 0 Å². The molecule has 0 atom stereocenters. The summed E-state index contributed by atoms with van der Waals surface area (Å²) in [6, 6.07) is 61.4. The van der Waals surface area contributed by atoms with Crippen molar-refractivity contribution >= 4 is 76.8 Å². The number of para-hydroxylation sites is 2. The highest BCUT2D eigenvalue weighted by atomic mass is 79.9. The molecule has 8 aromatic carbocycles. The van der Waals surface area contributed by atoms with Gasteiger partial charge in [0.25, 0.3) is 0 Å². The van der Waals surface area contributed by atoms with Gasteiger partial charge in [-0.1, -0.05) is 94.8 Å². The van der Waals surface area contributed by atoms with Gasteiger partial charge in [-0.2, -0.15) is 0 Å². The molecule has 0 saturated carbocycles. The first-order valence-corrected chi connectivity index (χ1v) is 18.0. The lowest BCUT2D eigenvalue weighted by Gasteiger charge is -2.26. The molecule has 0 N–H and O–H groups in total. The number of oxazole rings is 1. The first-order chi connectivity index (χ1) is 25.6. The maximum atomic E-state index is 6.41. The van der Waals surface area contributed by atoms with Crippen LogP contribution in [-0.2, 0) is 0 Å². The summed E-state index contributed by atoms with van der Waals surface area (Å²) in [5, 5.41) is 4.59. The van der Waals surface area contributed by atoms with Crippen LogP contribution < -0.4 is 4.90 Å². The summed E-state index contributed by atoms with van der Waals surface area (Å²) in [6.45, 7) is 0. The van der Waals surface area contributed by atoms with E-state index in [0.717, 1.165) is 82.2 Å². The number of hydrogen-bond donors (Lipinski definition) is 0. The van der Waals surface area contributed by atoms with Gasteiger partial charge in [0.15, 0.2) is 5.58 Å². The second-order valence-corrected chi connectivity index (χ2v) is 13.9. The third-order valence-corrected chi connectivity index (χ3v) is 10.2. The Hall–Kier alpha value is -6.43. The van der Waals surface area contributed by atoms with Gasteiger partial charge in [0, 0.05) is 37.9 Å². The molecule has 0 amide bonds. The molecule has 0 radical (unpaired) electrons. The number of furan rings is 1. The Bertz CT molecular complexity index is 2880. The number of nitrogens with zero attached hydrogens (tertiary/aromatic N) is 2. The molecule has 2 heterocycles. The summed E-state index contributed by atoms with van der Waals surface area (Å²) in [6.07, 6.45) is 0. The molecule has 0 saturated heterocycles. The van der Waals surface area contributed by atoms with Crippen molar-refractivity contribution in [2.45, 2.75) is 0 Å². The van der Waals surface area contributed by atoms with Gasteiger partial charge in [0.05, 0.1) is 0 Å². The second kappa shape index (κ2) is 12.4. The fraction of sp³-hybridized carbons (Fsp3) is 0. The zero-order valence-electron chi connectivity index (χ0n) is 27.8. The molecule has 0 spiro atoms. The fourth-order valence-electron chi connectivity index (χ4n) is 7.12. The van der Waals surface area contributed by atoms with Crippen molar-refractivity contribution in [1.29, 1.82) is 0 Å². The number of hydrogen-bond acceptors (Lipinski definition) is 4. The fourth-order valence-corrected chi connectivity index (χ4v) is 7.50. The van der Waals surface area contributed by atoms with Crippen molar-refractivity contribution < 1.29 is 8.83 Å². The standard InChI is InChI=1S/C47H29BrN2O2/c48-37-19-13-34-27-42-41-24-18-35(28-45(41)51-46(42)29-36(34)25-37)31-14-20-38(21-15-31)50(40-10-6-9-33(26-40)30-7-2-1-3-8-30)39-22-16-32(17-23-39)47-49-43-11-4-5-12-44(43)52-47/h1-29H. The predicted octanol–water partition coefficient (Wildman–Crippen LogP) is 14.1. The van der Waals surface area contributed by atoms with Crippen LogP contribution in [0.3, 0.4) is 0 Å². The third kappa shape index (κ3) is 5.43. The Morgan fingerprint density at radius 1 is 0.404 bits per heavy atom. The van der Waals surface area contributed by atoms with Crippen LogP contribution in [0.4, 0.5) is 17.1 Å². The maximum Gasteiger partial charge on any atom is 0.227 e. The lowest BCUT2D eigenvalue weighted by atomic mass is 10.0. The van der Waals surface area contributed by atoms with Crippen molar-refractivity contribution in [2.75, 3.05) is 4.90 Å². The van der Waals surface area contributed by atoms with E-state index in [-0.39, 0.29) is 0 Å². The lowest BCUT2D eigenvalue weighted by molar-refractivity contribution is 0.620. The number of halogens is 1. The minimum Gasteiger partial charge on any atom is -0.456 e. The Morgan fingerprint density at radius 2 is 1.08 bits per heavy atom. The second-order valence-electron chi connectivity index (χ2n) is 13.0. The molecule has 10 aromatic rings. The number of anilines is 3. The Morgan fingerprint density at radius 3 is 1.88 bits per heavy atom. The zero-order valence-corrected chi connectivity index (χ0v) is 29.4. The summed E-state index contributed by atoms with van der Waals surface area (Å²) >= 11 is 3.60. The molecule has 0 fully saturated rings. The van der Waals surface area contributed by atoms with Crippen molar-refractivity contribution in [3.05, 3.63) is 180 Å². The van der Waals surface area contributed by atoms with E-state index >= 15 is 0 Å². The van der Waals surface area contributed by atoms with E-state index < -0.39 is 0 Å². The van der Waals surface area contributed by atoms with Gasteiger partial charge in [0.1, 0.15) is 16.7 Å². The predicted molar refractivity (Wildman–Crippen MR) is 217 cm³/mol. The molecule has 10 rings (SSSR count). The highest BCUT2D eigenvalue weighted by molar-refractivity contribution is 9.10. The molecular weight excluding hydrogens is 704 g/mol. The summed E-state index contributed by atoms with van der Waals surface area (Å²) in [5.74, 6) is 0.609. The van der Waals surface area contributed by atoms with Gasteiger partial charge < -0.3 is 13.7 Å². The molecule has 4 nitrogen and oxygen atoms in total. The number of aromatic nitrogens is 1. The molecule has 0 unspecified atom stereocenters. The van der Waals surface area contributed by atoms with Crippen molar-refractivity contribution in [3.8, 4) is 33.7 Å². The first kappa shape index (κ1) is 30.4. The van der Waals surface area contributed by atoms with E-state index in [0.29, 0.717) is 5.89 Å².